The molecule has 0 aromatic carbocycles. The highest BCUT2D eigenvalue weighted by molar-refractivity contribution is 4.95. The molecule has 0 aliphatic carbocycles. The van der Waals surface area contributed by atoms with Crippen molar-refractivity contribution in [3.63, 3.8) is 0 Å². The summed E-state index contributed by atoms with van der Waals surface area (Å²) in [5.74, 6) is 0.709. The number of hydrogen-bond donors (Lipinski definition) is 0. The molecule has 1 nitrogen and oxygen atoms in total. The first-order valence-electron chi connectivity index (χ1n) is 6.24. The highest BCUT2D eigenvalue weighted by Gasteiger charge is 2.06. The first-order valence-corrected chi connectivity index (χ1v) is 6.24. The minimum atomic E-state index is 0.709. The smallest absolute Gasteiger partial charge is 0.0173 e. The molecule has 1 fully saturated rings. The molecule has 0 amide bonds. The van der Waals surface area contributed by atoms with Crippen LogP contribution < -0.4 is 0 Å². The van der Waals surface area contributed by atoms with Gasteiger partial charge in [0, 0.05) is 13.1 Å². The lowest BCUT2D eigenvalue weighted by molar-refractivity contribution is 0.461. The average Bonchev–Trinajstić information content (AvgIpc) is 2.66. The molecule has 0 bridgehead atoms. The molecule has 1 rings (SSSR count). The fraction of sp³-hybridized carbons (Fsp3) is 0.714. The van der Waals surface area contributed by atoms with Gasteiger partial charge in [-0.25, -0.2) is 0 Å². The summed E-state index contributed by atoms with van der Waals surface area (Å²) in [5.41, 5.74) is 1.44. The van der Waals surface area contributed by atoms with Crippen molar-refractivity contribution in [3.8, 4) is 0 Å². The van der Waals surface area contributed by atoms with Crippen molar-refractivity contribution in [2.45, 2.75) is 46.5 Å². The van der Waals surface area contributed by atoms with Crippen molar-refractivity contribution in [1.29, 1.82) is 0 Å². The maximum atomic E-state index is 2.44. The lowest BCUT2D eigenvalue weighted by atomic mass is 10.0. The second-order valence-corrected chi connectivity index (χ2v) is 4.92. The van der Waals surface area contributed by atoms with E-state index in [0.29, 0.717) is 5.92 Å². The highest BCUT2D eigenvalue weighted by atomic mass is 15.1. The summed E-state index contributed by atoms with van der Waals surface area (Å²) < 4.78 is 0. The highest BCUT2D eigenvalue weighted by Crippen LogP contribution is 2.12. The second kappa shape index (κ2) is 6.71. The van der Waals surface area contributed by atoms with Gasteiger partial charge < -0.3 is 4.90 Å². The Labute approximate surface area is 94.9 Å². The Hall–Kier alpha value is -0.720. The van der Waals surface area contributed by atoms with E-state index in [0.717, 1.165) is 0 Å². The molecule has 1 aliphatic heterocycles. The van der Waals surface area contributed by atoms with E-state index in [-0.39, 0.29) is 0 Å². The van der Waals surface area contributed by atoms with Gasteiger partial charge in [-0.15, -0.1) is 0 Å². The van der Waals surface area contributed by atoms with Crippen LogP contribution in [-0.2, 0) is 0 Å². The van der Waals surface area contributed by atoms with Crippen molar-refractivity contribution in [1.82, 2.24) is 4.90 Å². The van der Waals surface area contributed by atoms with Gasteiger partial charge in [-0.3, -0.25) is 0 Å². The van der Waals surface area contributed by atoms with E-state index in [2.05, 4.69) is 44.0 Å². The molecule has 1 heterocycles. The molecule has 0 N–H and O–H groups in total. The molecule has 1 saturated heterocycles. The Morgan fingerprint density at radius 2 is 1.93 bits per heavy atom. The third-order valence-electron chi connectivity index (χ3n) is 2.94. The molecular formula is C14H25N. The Kier molecular flexibility index (Phi) is 5.52. The molecule has 15 heavy (non-hydrogen) atoms. The molecular weight excluding hydrogens is 182 g/mol. The molecule has 1 aliphatic rings. The molecule has 0 aromatic rings. The van der Waals surface area contributed by atoms with E-state index in [4.69, 9.17) is 0 Å². The molecule has 1 heteroatoms. The number of rotatable bonds is 5. The van der Waals surface area contributed by atoms with Gasteiger partial charge in [0.1, 0.15) is 0 Å². The summed E-state index contributed by atoms with van der Waals surface area (Å²) >= 11 is 0. The number of allylic oxidation sites excluding steroid dienone is 3. The van der Waals surface area contributed by atoms with Crippen LogP contribution in [0.25, 0.3) is 0 Å². The molecule has 0 spiro atoms. The monoisotopic (exact) mass is 207 g/mol. The second-order valence-electron chi connectivity index (χ2n) is 4.92. The van der Waals surface area contributed by atoms with E-state index in [1.165, 1.54) is 44.3 Å². The summed E-state index contributed by atoms with van der Waals surface area (Å²) in [6.45, 7) is 9.18. The number of nitrogens with zero attached hydrogens (tertiary/aromatic N) is 1. The predicted octanol–water partition coefficient (Wildman–Crippen LogP) is 3.98. The third-order valence-corrected chi connectivity index (χ3v) is 2.94. The first kappa shape index (κ1) is 12.4. The lowest BCUT2D eigenvalue weighted by Gasteiger charge is -2.12. The average molecular weight is 207 g/mol. The van der Waals surface area contributed by atoms with Crippen LogP contribution in [0, 0.1) is 5.92 Å². The van der Waals surface area contributed by atoms with Crippen molar-refractivity contribution in [3.05, 3.63) is 23.9 Å². The zero-order valence-corrected chi connectivity index (χ0v) is 10.5. The van der Waals surface area contributed by atoms with Crippen LogP contribution in [0.15, 0.2) is 23.9 Å². The van der Waals surface area contributed by atoms with E-state index in [1.807, 2.05) is 0 Å². The van der Waals surface area contributed by atoms with Gasteiger partial charge in [0.05, 0.1) is 0 Å². The summed E-state index contributed by atoms with van der Waals surface area (Å²) in [4.78, 5) is 2.44. The molecule has 0 radical (unpaired) electrons. The minimum absolute atomic E-state index is 0.709. The van der Waals surface area contributed by atoms with E-state index >= 15 is 0 Å². The summed E-state index contributed by atoms with van der Waals surface area (Å²) in [6, 6.07) is 0. The van der Waals surface area contributed by atoms with Gasteiger partial charge in [-0.1, -0.05) is 24.6 Å². The zero-order valence-electron chi connectivity index (χ0n) is 10.5. The van der Waals surface area contributed by atoms with Gasteiger partial charge in [0.15, 0.2) is 0 Å². The normalized spacial score (nSPS) is 18.5. The molecule has 0 saturated carbocycles. The fourth-order valence-electron chi connectivity index (χ4n) is 1.89. The van der Waals surface area contributed by atoms with Gasteiger partial charge in [0.25, 0.3) is 0 Å². The zero-order chi connectivity index (χ0) is 11.1. The fourth-order valence-corrected chi connectivity index (χ4v) is 1.89. The molecule has 0 aromatic heterocycles. The quantitative estimate of drug-likeness (QED) is 0.616. The molecule has 1 unspecified atom stereocenters. The van der Waals surface area contributed by atoms with Crippen molar-refractivity contribution >= 4 is 0 Å². The predicted molar refractivity (Wildman–Crippen MR) is 67.8 cm³/mol. The van der Waals surface area contributed by atoms with Crippen LogP contribution in [-0.4, -0.2) is 18.0 Å². The number of likely N-dealkylation sites (tertiary alicyclic amines) is 1. The Bertz CT molecular complexity index is 217. The van der Waals surface area contributed by atoms with Gasteiger partial charge in [0.2, 0.25) is 0 Å². The molecule has 1 atom stereocenters. The Balaban J connectivity index is 2.16. The summed E-state index contributed by atoms with van der Waals surface area (Å²) in [5, 5.41) is 0. The Morgan fingerprint density at radius 3 is 2.53 bits per heavy atom. The summed E-state index contributed by atoms with van der Waals surface area (Å²) in [7, 11) is 0. The van der Waals surface area contributed by atoms with Crippen LogP contribution in [0.1, 0.15) is 46.5 Å². The molecule has 86 valence electrons. The third kappa shape index (κ3) is 5.66. The SMILES string of the molecule is CC(C)=CCCC(C)C=CN1CCCC1. The summed E-state index contributed by atoms with van der Waals surface area (Å²) in [6.07, 6.45) is 12.2. The van der Waals surface area contributed by atoms with Crippen LogP contribution in [0.5, 0.6) is 0 Å². The van der Waals surface area contributed by atoms with E-state index < -0.39 is 0 Å². The minimum Gasteiger partial charge on any atom is -0.378 e. The van der Waals surface area contributed by atoms with E-state index in [9.17, 15) is 0 Å². The number of hydrogen-bond acceptors (Lipinski definition) is 1. The van der Waals surface area contributed by atoms with Gasteiger partial charge in [-0.2, -0.15) is 0 Å². The van der Waals surface area contributed by atoms with Crippen LogP contribution in [0.2, 0.25) is 0 Å². The van der Waals surface area contributed by atoms with Crippen molar-refractivity contribution in [2.24, 2.45) is 5.92 Å². The van der Waals surface area contributed by atoms with E-state index in [1.54, 1.807) is 0 Å². The topological polar surface area (TPSA) is 3.24 Å². The van der Waals surface area contributed by atoms with Crippen LogP contribution in [0.3, 0.4) is 0 Å². The maximum absolute atomic E-state index is 2.44. The standard InChI is InChI=1S/C14H25N/c1-13(2)7-6-8-14(3)9-12-15-10-4-5-11-15/h7,9,12,14H,4-6,8,10-11H2,1-3H3. The largest absolute Gasteiger partial charge is 0.378 e. The maximum Gasteiger partial charge on any atom is 0.0173 e. The Morgan fingerprint density at radius 1 is 1.27 bits per heavy atom. The van der Waals surface area contributed by atoms with Crippen LogP contribution >= 0.6 is 0 Å². The van der Waals surface area contributed by atoms with Crippen molar-refractivity contribution in [2.75, 3.05) is 13.1 Å². The van der Waals surface area contributed by atoms with Gasteiger partial charge in [-0.05, 0) is 51.6 Å². The lowest BCUT2D eigenvalue weighted by Crippen LogP contribution is -2.10. The van der Waals surface area contributed by atoms with Crippen molar-refractivity contribution < 1.29 is 0 Å². The van der Waals surface area contributed by atoms with Crippen LogP contribution in [0.4, 0.5) is 0 Å². The first-order chi connectivity index (χ1) is 7.18. The van der Waals surface area contributed by atoms with Gasteiger partial charge >= 0.3 is 0 Å².